The van der Waals surface area contributed by atoms with E-state index in [1.165, 1.54) is 19.3 Å². The molecule has 0 radical (unpaired) electrons. The van der Waals surface area contributed by atoms with E-state index >= 15 is 0 Å². The van der Waals surface area contributed by atoms with Gasteiger partial charge >= 0.3 is 12.0 Å². The van der Waals surface area contributed by atoms with Crippen molar-refractivity contribution < 1.29 is 14.7 Å². The predicted molar refractivity (Wildman–Crippen MR) is 78.6 cm³/mol. The lowest BCUT2D eigenvalue weighted by atomic mass is 9.94. The lowest BCUT2D eigenvalue weighted by Crippen LogP contribution is -2.39. The maximum absolute atomic E-state index is 11.6. The van der Waals surface area contributed by atoms with Gasteiger partial charge in [0.05, 0.1) is 0 Å². The molecule has 0 aliphatic heterocycles. The van der Waals surface area contributed by atoms with Gasteiger partial charge in [-0.05, 0) is 37.0 Å². The smallest absolute Gasteiger partial charge is 0.314 e. The van der Waals surface area contributed by atoms with Gasteiger partial charge < -0.3 is 15.7 Å². The van der Waals surface area contributed by atoms with Crippen LogP contribution in [0.5, 0.6) is 0 Å². The molecule has 0 saturated heterocycles. The third kappa shape index (κ3) is 8.77. The summed E-state index contributed by atoms with van der Waals surface area (Å²) in [5, 5.41) is 14.5. The van der Waals surface area contributed by atoms with Crippen LogP contribution in [0, 0.1) is 17.8 Å². The molecule has 1 saturated carbocycles. The molecule has 0 spiro atoms. The summed E-state index contributed by atoms with van der Waals surface area (Å²) in [6.07, 6.45) is 5.85. The second-order valence-corrected chi connectivity index (χ2v) is 6.32. The van der Waals surface area contributed by atoms with Gasteiger partial charge in [-0.3, -0.25) is 4.79 Å². The highest BCUT2D eigenvalue weighted by atomic mass is 16.4. The minimum Gasteiger partial charge on any atom is -0.481 e. The van der Waals surface area contributed by atoms with E-state index in [0.29, 0.717) is 19.0 Å². The van der Waals surface area contributed by atoms with Gasteiger partial charge in [0.1, 0.15) is 0 Å². The number of urea groups is 1. The maximum Gasteiger partial charge on any atom is 0.314 e. The quantitative estimate of drug-likeness (QED) is 0.540. The number of nitrogens with one attached hydrogen (secondary N) is 2. The topological polar surface area (TPSA) is 78.4 Å². The highest BCUT2D eigenvalue weighted by Gasteiger charge is 2.20. The molecule has 5 heteroatoms. The van der Waals surface area contributed by atoms with Gasteiger partial charge in [-0.2, -0.15) is 0 Å². The van der Waals surface area contributed by atoms with Crippen molar-refractivity contribution in [1.82, 2.24) is 10.6 Å². The van der Waals surface area contributed by atoms with Crippen LogP contribution in [0.25, 0.3) is 0 Å². The van der Waals surface area contributed by atoms with E-state index in [1.807, 2.05) is 0 Å². The third-order valence-corrected chi connectivity index (χ3v) is 3.59. The van der Waals surface area contributed by atoms with Crippen LogP contribution in [-0.2, 0) is 4.79 Å². The molecule has 0 aromatic heterocycles. The number of aliphatic carboxylic acids is 1. The van der Waals surface area contributed by atoms with Gasteiger partial charge in [0, 0.05) is 19.5 Å². The number of rotatable bonds is 10. The number of carbonyl (C=O) groups excluding carboxylic acids is 1. The van der Waals surface area contributed by atoms with Crippen LogP contribution < -0.4 is 10.6 Å². The first kappa shape index (κ1) is 16.8. The normalized spacial score (nSPS) is 15.9. The lowest BCUT2D eigenvalue weighted by Gasteiger charge is -2.18. The number of amides is 2. The molecule has 1 atom stereocenters. The zero-order chi connectivity index (χ0) is 15.0. The highest BCUT2D eigenvalue weighted by Crippen LogP contribution is 2.33. The lowest BCUT2D eigenvalue weighted by molar-refractivity contribution is -0.138. The molecule has 5 nitrogen and oxygen atoms in total. The van der Waals surface area contributed by atoms with E-state index < -0.39 is 5.97 Å². The van der Waals surface area contributed by atoms with E-state index in [-0.39, 0.29) is 18.4 Å². The van der Waals surface area contributed by atoms with Gasteiger partial charge in [0.25, 0.3) is 0 Å². The molecule has 0 heterocycles. The Balaban J connectivity index is 2.12. The monoisotopic (exact) mass is 284 g/mol. The van der Waals surface area contributed by atoms with Crippen LogP contribution in [0.1, 0.15) is 52.4 Å². The fraction of sp³-hybridized carbons (Fsp3) is 0.867. The van der Waals surface area contributed by atoms with Crippen LogP contribution in [0.2, 0.25) is 0 Å². The average molecular weight is 284 g/mol. The van der Waals surface area contributed by atoms with Crippen LogP contribution in [0.3, 0.4) is 0 Å². The molecule has 0 aromatic rings. The Hall–Kier alpha value is -1.26. The molecule has 1 aliphatic rings. The van der Waals surface area contributed by atoms with E-state index in [1.54, 1.807) is 0 Å². The van der Waals surface area contributed by atoms with Crippen LogP contribution in [0.15, 0.2) is 0 Å². The zero-order valence-corrected chi connectivity index (χ0v) is 12.7. The molecule has 1 fully saturated rings. The summed E-state index contributed by atoms with van der Waals surface area (Å²) >= 11 is 0. The Morgan fingerprint density at radius 3 is 2.50 bits per heavy atom. The minimum atomic E-state index is -0.803. The summed E-state index contributed by atoms with van der Waals surface area (Å²) < 4.78 is 0. The Labute approximate surface area is 121 Å². The van der Waals surface area contributed by atoms with Crippen molar-refractivity contribution in [3.05, 3.63) is 0 Å². The predicted octanol–water partition coefficient (Wildman–Crippen LogP) is 2.61. The van der Waals surface area contributed by atoms with E-state index in [0.717, 1.165) is 18.8 Å². The number of hydrogen-bond acceptors (Lipinski definition) is 2. The van der Waals surface area contributed by atoms with Crippen LogP contribution in [-0.4, -0.2) is 30.2 Å². The minimum absolute atomic E-state index is 0.00436. The Morgan fingerprint density at radius 1 is 1.25 bits per heavy atom. The molecule has 1 aliphatic carbocycles. The van der Waals surface area contributed by atoms with E-state index in [9.17, 15) is 9.59 Å². The van der Waals surface area contributed by atoms with Crippen molar-refractivity contribution in [3.8, 4) is 0 Å². The highest BCUT2D eigenvalue weighted by molar-refractivity contribution is 5.74. The molecular formula is C15H28N2O3. The first-order valence-corrected chi connectivity index (χ1v) is 7.70. The SMILES string of the molecule is CC(C)C[C@H](CNC(=O)NCCCC1CC1)CC(=O)O. The van der Waals surface area contributed by atoms with E-state index in [4.69, 9.17) is 5.11 Å². The van der Waals surface area contributed by atoms with Gasteiger partial charge in [-0.25, -0.2) is 4.79 Å². The molecule has 1 rings (SSSR count). The van der Waals surface area contributed by atoms with Gasteiger partial charge in [0.2, 0.25) is 0 Å². The number of carbonyl (C=O) groups is 2. The fourth-order valence-electron chi connectivity index (χ4n) is 2.45. The Morgan fingerprint density at radius 2 is 1.95 bits per heavy atom. The second-order valence-electron chi connectivity index (χ2n) is 6.32. The first-order valence-electron chi connectivity index (χ1n) is 7.70. The first-order chi connectivity index (χ1) is 9.47. The standard InChI is InChI=1S/C15H28N2O3/c1-11(2)8-13(9-14(18)19)10-17-15(20)16-7-3-4-12-5-6-12/h11-13H,3-10H2,1-2H3,(H,18,19)(H2,16,17,20)/t13-/m0/s1. The largest absolute Gasteiger partial charge is 0.481 e. The van der Waals surface area contributed by atoms with Gasteiger partial charge in [0.15, 0.2) is 0 Å². The summed E-state index contributed by atoms with van der Waals surface area (Å²) in [4.78, 5) is 22.4. The second kappa shape index (κ2) is 8.82. The number of carboxylic acid groups (broad SMARTS) is 1. The van der Waals surface area contributed by atoms with Crippen molar-refractivity contribution in [3.63, 3.8) is 0 Å². The summed E-state index contributed by atoms with van der Waals surface area (Å²) in [6.45, 7) is 5.26. The van der Waals surface area contributed by atoms with E-state index in [2.05, 4.69) is 24.5 Å². The Kier molecular flexibility index (Phi) is 7.41. The number of hydrogen-bond donors (Lipinski definition) is 3. The van der Waals surface area contributed by atoms with Crippen LogP contribution in [0.4, 0.5) is 4.79 Å². The van der Waals surface area contributed by atoms with Gasteiger partial charge in [-0.1, -0.05) is 26.7 Å². The summed E-state index contributed by atoms with van der Waals surface area (Å²) in [6, 6.07) is -0.181. The molecule has 3 N–H and O–H groups in total. The zero-order valence-electron chi connectivity index (χ0n) is 12.7. The molecular weight excluding hydrogens is 256 g/mol. The molecule has 0 bridgehead atoms. The summed E-state index contributed by atoms with van der Waals surface area (Å²) in [5.41, 5.74) is 0. The third-order valence-electron chi connectivity index (χ3n) is 3.59. The summed E-state index contributed by atoms with van der Waals surface area (Å²) in [7, 11) is 0. The van der Waals surface area contributed by atoms with Crippen molar-refractivity contribution in [2.45, 2.75) is 52.4 Å². The van der Waals surface area contributed by atoms with Crippen molar-refractivity contribution in [1.29, 1.82) is 0 Å². The molecule has 116 valence electrons. The maximum atomic E-state index is 11.6. The molecule has 0 aromatic carbocycles. The summed E-state index contributed by atoms with van der Waals surface area (Å²) in [5.74, 6) is 0.528. The Bertz CT molecular complexity index is 314. The van der Waals surface area contributed by atoms with Crippen molar-refractivity contribution >= 4 is 12.0 Å². The average Bonchev–Trinajstić information content (AvgIpc) is 3.14. The fourth-order valence-corrected chi connectivity index (χ4v) is 2.45. The molecule has 0 unspecified atom stereocenters. The van der Waals surface area contributed by atoms with Crippen LogP contribution >= 0.6 is 0 Å². The molecule has 20 heavy (non-hydrogen) atoms. The number of carboxylic acids is 1. The van der Waals surface area contributed by atoms with Gasteiger partial charge in [-0.15, -0.1) is 0 Å². The molecule has 2 amide bonds. The van der Waals surface area contributed by atoms with Crippen molar-refractivity contribution in [2.24, 2.45) is 17.8 Å². The van der Waals surface area contributed by atoms with Crippen molar-refractivity contribution in [2.75, 3.05) is 13.1 Å².